The van der Waals surface area contributed by atoms with Crippen LogP contribution in [0.25, 0.3) is 22.0 Å². The molecule has 0 N–H and O–H groups in total. The van der Waals surface area contributed by atoms with Crippen molar-refractivity contribution < 1.29 is 13.6 Å². The van der Waals surface area contributed by atoms with Crippen molar-refractivity contribution in [2.75, 3.05) is 13.1 Å². The zero-order valence-corrected chi connectivity index (χ0v) is 19.8. The molecule has 1 aliphatic heterocycles. The van der Waals surface area contributed by atoms with E-state index >= 15 is 0 Å². The van der Waals surface area contributed by atoms with E-state index in [4.69, 9.17) is 0 Å². The molecule has 174 valence electrons. The van der Waals surface area contributed by atoms with E-state index in [0.717, 1.165) is 10.4 Å². The first-order valence-electron chi connectivity index (χ1n) is 11.4. The van der Waals surface area contributed by atoms with Crippen molar-refractivity contribution in [3.8, 4) is 11.1 Å². The van der Waals surface area contributed by atoms with Crippen molar-refractivity contribution in [3.63, 3.8) is 0 Å². The first-order valence-corrected chi connectivity index (χ1v) is 12.7. The van der Waals surface area contributed by atoms with Crippen molar-refractivity contribution >= 4 is 32.8 Å². The highest BCUT2D eigenvalue weighted by Gasteiger charge is 2.35. The number of para-hydroxylation sites is 1. The third-order valence-electron chi connectivity index (χ3n) is 6.32. The Morgan fingerprint density at radius 3 is 2.24 bits per heavy atom. The van der Waals surface area contributed by atoms with Crippen molar-refractivity contribution in [1.29, 1.82) is 0 Å². The molecule has 0 radical (unpaired) electrons. The van der Waals surface area contributed by atoms with E-state index in [1.54, 1.807) is 0 Å². The standard InChI is InChI=1S/C28H26F2N2OS/c1-2-34(23-14-12-22(13-15-23)27(33)31-18-16-28(29,30)17-19-31)32-20-25(21-8-4-3-5-9-21)24-10-6-7-11-26(24)32/h2-15,20H,16-19H2,1H3. The third kappa shape index (κ3) is 4.30. The Balaban J connectivity index is 1.46. The van der Waals surface area contributed by atoms with Crippen LogP contribution in [0, 0.1) is 0 Å². The van der Waals surface area contributed by atoms with E-state index in [2.05, 4.69) is 51.9 Å². The summed E-state index contributed by atoms with van der Waals surface area (Å²) in [5.41, 5.74) is 4.04. The number of amides is 1. The van der Waals surface area contributed by atoms with Crippen LogP contribution < -0.4 is 0 Å². The number of carbonyl (C=O) groups is 1. The van der Waals surface area contributed by atoms with E-state index in [-0.39, 0.29) is 42.5 Å². The largest absolute Gasteiger partial charge is 0.338 e. The number of carbonyl (C=O) groups excluding carboxylic acids is 1. The number of alkyl halides is 2. The number of hydrogen-bond donors (Lipinski definition) is 0. The minimum absolute atomic E-state index is 0.0956. The molecule has 0 saturated carbocycles. The van der Waals surface area contributed by atoms with E-state index in [0.29, 0.717) is 5.56 Å². The van der Waals surface area contributed by atoms with Gasteiger partial charge in [0.25, 0.3) is 11.8 Å². The van der Waals surface area contributed by atoms with Crippen molar-refractivity contribution in [2.24, 2.45) is 0 Å². The number of nitrogens with zero attached hydrogens (tertiary/aromatic N) is 2. The summed E-state index contributed by atoms with van der Waals surface area (Å²) in [6.07, 6.45) is 1.67. The van der Waals surface area contributed by atoms with Crippen LogP contribution in [0.1, 0.15) is 30.1 Å². The quantitative estimate of drug-likeness (QED) is 0.289. The fourth-order valence-electron chi connectivity index (χ4n) is 4.48. The van der Waals surface area contributed by atoms with Gasteiger partial charge in [0, 0.05) is 53.5 Å². The molecule has 0 aliphatic carbocycles. The van der Waals surface area contributed by atoms with E-state index in [9.17, 15) is 13.6 Å². The van der Waals surface area contributed by atoms with Gasteiger partial charge in [0.15, 0.2) is 0 Å². The molecule has 34 heavy (non-hydrogen) atoms. The summed E-state index contributed by atoms with van der Waals surface area (Å²) in [6, 6.07) is 26.3. The van der Waals surface area contributed by atoms with Gasteiger partial charge in [-0.3, -0.25) is 8.77 Å². The highest BCUT2D eigenvalue weighted by molar-refractivity contribution is 8.13. The molecule has 3 nitrogen and oxygen atoms in total. The molecule has 0 bridgehead atoms. The van der Waals surface area contributed by atoms with E-state index in [1.165, 1.54) is 21.4 Å². The average molecular weight is 477 g/mol. The topological polar surface area (TPSA) is 25.2 Å². The lowest BCUT2D eigenvalue weighted by molar-refractivity contribution is -0.0494. The summed E-state index contributed by atoms with van der Waals surface area (Å²) in [6.45, 7) is 2.24. The van der Waals surface area contributed by atoms with Crippen LogP contribution in [0.5, 0.6) is 0 Å². The first-order chi connectivity index (χ1) is 16.5. The van der Waals surface area contributed by atoms with E-state index in [1.807, 2.05) is 49.4 Å². The van der Waals surface area contributed by atoms with Crippen LogP contribution >= 0.6 is 10.7 Å². The molecular formula is C28H26F2N2OS. The molecule has 1 saturated heterocycles. The fraction of sp³-hybridized carbons (Fsp3) is 0.214. The first kappa shape index (κ1) is 22.5. The van der Waals surface area contributed by atoms with Crippen LogP contribution in [-0.4, -0.2) is 39.2 Å². The number of benzene rings is 3. The number of rotatable bonds is 4. The zero-order valence-electron chi connectivity index (χ0n) is 19.0. The van der Waals surface area contributed by atoms with Gasteiger partial charge in [-0.25, -0.2) is 8.78 Å². The van der Waals surface area contributed by atoms with Crippen LogP contribution in [-0.2, 0) is 0 Å². The van der Waals surface area contributed by atoms with Gasteiger partial charge in [-0.2, -0.15) is 0 Å². The molecule has 1 amide bonds. The van der Waals surface area contributed by atoms with Crippen molar-refractivity contribution in [3.05, 3.63) is 90.6 Å². The Kier molecular flexibility index (Phi) is 6.09. The fourth-order valence-corrected chi connectivity index (χ4v) is 6.21. The Bertz CT molecular complexity index is 1350. The zero-order chi connectivity index (χ0) is 23.7. The second-order valence-corrected chi connectivity index (χ2v) is 10.4. The molecule has 1 aliphatic rings. The van der Waals surface area contributed by atoms with Gasteiger partial charge >= 0.3 is 0 Å². The Morgan fingerprint density at radius 1 is 0.912 bits per heavy atom. The summed E-state index contributed by atoms with van der Waals surface area (Å²) in [4.78, 5) is 15.5. The minimum Gasteiger partial charge on any atom is -0.338 e. The Labute approximate surface area is 200 Å². The van der Waals surface area contributed by atoms with Crippen LogP contribution in [0.15, 0.2) is 90.0 Å². The molecule has 3 aromatic carbocycles. The average Bonchev–Trinajstić information content (AvgIpc) is 3.25. The molecule has 1 aromatic heterocycles. The van der Waals surface area contributed by atoms with Gasteiger partial charge in [0.1, 0.15) is 0 Å². The van der Waals surface area contributed by atoms with E-state index < -0.39 is 5.92 Å². The number of piperidine rings is 1. The second kappa shape index (κ2) is 9.18. The van der Waals surface area contributed by atoms with Crippen LogP contribution in [0.4, 0.5) is 8.78 Å². The second-order valence-electron chi connectivity index (χ2n) is 8.47. The maximum absolute atomic E-state index is 13.5. The molecular weight excluding hydrogens is 450 g/mol. The predicted molar refractivity (Wildman–Crippen MR) is 137 cm³/mol. The van der Waals surface area contributed by atoms with Gasteiger partial charge in [-0.05, 0) is 48.2 Å². The molecule has 4 aromatic rings. The van der Waals surface area contributed by atoms with Gasteiger partial charge in [-0.15, -0.1) is 0 Å². The number of halogens is 2. The highest BCUT2D eigenvalue weighted by atomic mass is 32.2. The molecule has 0 spiro atoms. The highest BCUT2D eigenvalue weighted by Crippen LogP contribution is 2.38. The molecule has 5 rings (SSSR count). The molecule has 1 fully saturated rings. The maximum Gasteiger partial charge on any atom is 0.253 e. The third-order valence-corrected chi connectivity index (χ3v) is 8.25. The predicted octanol–water partition coefficient (Wildman–Crippen LogP) is 7.09. The molecule has 2 heterocycles. The normalized spacial score (nSPS) is 16.6. The summed E-state index contributed by atoms with van der Waals surface area (Å²) in [5.74, 6) is -2.84. The molecule has 6 heteroatoms. The summed E-state index contributed by atoms with van der Waals surface area (Å²) >= 11 is 0. The summed E-state index contributed by atoms with van der Waals surface area (Å²) in [7, 11) is -0.355. The SMILES string of the molecule is C/C=S(\c1ccc(C(=O)N2CCC(F)(F)CC2)cc1)n1cc(-c2ccccc2)c2ccccc21. The smallest absolute Gasteiger partial charge is 0.253 e. The molecule has 1 atom stereocenters. The number of hydrogen-bond acceptors (Lipinski definition) is 1. The van der Waals surface area contributed by atoms with Crippen LogP contribution in [0.3, 0.4) is 0 Å². The lowest BCUT2D eigenvalue weighted by Gasteiger charge is -2.31. The van der Waals surface area contributed by atoms with Gasteiger partial charge < -0.3 is 4.90 Å². The monoisotopic (exact) mass is 476 g/mol. The lowest BCUT2D eigenvalue weighted by atomic mass is 10.1. The number of fused-ring (bicyclic) bond motifs is 1. The maximum atomic E-state index is 13.5. The van der Waals surface area contributed by atoms with Crippen LogP contribution in [0.2, 0.25) is 0 Å². The van der Waals surface area contributed by atoms with Crippen molar-refractivity contribution in [2.45, 2.75) is 30.6 Å². The van der Waals surface area contributed by atoms with Gasteiger partial charge in [0.05, 0.1) is 5.52 Å². The van der Waals surface area contributed by atoms with Crippen molar-refractivity contribution in [1.82, 2.24) is 8.87 Å². The molecule has 1 unspecified atom stereocenters. The Morgan fingerprint density at radius 2 is 1.56 bits per heavy atom. The number of likely N-dealkylation sites (tertiary alicyclic amines) is 1. The van der Waals surface area contributed by atoms with Gasteiger partial charge in [0.2, 0.25) is 0 Å². The Hall–Kier alpha value is -3.25. The summed E-state index contributed by atoms with van der Waals surface area (Å²) in [5, 5.41) is 3.37. The summed E-state index contributed by atoms with van der Waals surface area (Å²) < 4.78 is 29.2. The number of aromatic nitrogens is 1. The van der Waals surface area contributed by atoms with Gasteiger partial charge in [-0.1, -0.05) is 59.2 Å². The lowest BCUT2D eigenvalue weighted by Crippen LogP contribution is -2.42. The minimum atomic E-state index is -2.66.